The summed E-state index contributed by atoms with van der Waals surface area (Å²) in [5, 5.41) is 2.73. The van der Waals surface area contributed by atoms with E-state index in [0.717, 1.165) is 16.7 Å². The average Bonchev–Trinajstić information content (AvgIpc) is 2.97. The maximum absolute atomic E-state index is 11.1. The molecule has 1 heterocycles. The largest absolute Gasteiger partial charge is 0.496 e. The third-order valence-electron chi connectivity index (χ3n) is 3.92. The first-order valence-corrected chi connectivity index (χ1v) is 7.09. The smallest absolute Gasteiger partial charge is 0.299 e. The molecule has 1 aliphatic carbocycles. The van der Waals surface area contributed by atoms with Crippen molar-refractivity contribution in [2.24, 2.45) is 5.92 Å². The molecule has 0 fully saturated rings. The molecule has 0 bridgehead atoms. The maximum atomic E-state index is 11.1. The summed E-state index contributed by atoms with van der Waals surface area (Å²) < 4.78 is 16.5. The molecule has 5 nitrogen and oxygen atoms in total. The van der Waals surface area contributed by atoms with Crippen LogP contribution < -0.4 is 9.91 Å². The number of fused-ring (bicyclic) bond motifs is 1. The second-order valence-corrected chi connectivity index (χ2v) is 5.35. The van der Waals surface area contributed by atoms with Gasteiger partial charge in [0, 0.05) is 34.1 Å². The van der Waals surface area contributed by atoms with E-state index in [1.807, 2.05) is 29.5 Å². The minimum atomic E-state index is 0.0760. The Balaban J connectivity index is 2.06. The molecule has 114 valence electrons. The van der Waals surface area contributed by atoms with Gasteiger partial charge in [0.15, 0.2) is 0 Å². The molecule has 0 radical (unpaired) electrons. The number of furan rings is 1. The Morgan fingerprint density at radius 2 is 2.05 bits per heavy atom. The quantitative estimate of drug-likeness (QED) is 0.942. The van der Waals surface area contributed by atoms with Crippen molar-refractivity contribution in [3.63, 3.8) is 0 Å². The number of nitroso groups, excluding NO2 is 1. The number of hydrogen-bond donors (Lipinski definition) is 1. The summed E-state index contributed by atoms with van der Waals surface area (Å²) >= 11 is 0. The highest BCUT2D eigenvalue weighted by Gasteiger charge is 2.21. The van der Waals surface area contributed by atoms with Gasteiger partial charge in [0.25, 0.3) is 5.69 Å². The third kappa shape index (κ3) is 2.44. The highest BCUT2D eigenvalue weighted by Crippen LogP contribution is 2.34. The summed E-state index contributed by atoms with van der Waals surface area (Å²) in [6, 6.07) is 5.38. The van der Waals surface area contributed by atoms with Gasteiger partial charge in [-0.3, -0.25) is 0 Å². The van der Waals surface area contributed by atoms with E-state index in [9.17, 15) is 4.91 Å². The van der Waals surface area contributed by atoms with E-state index in [0.29, 0.717) is 17.0 Å². The Morgan fingerprint density at radius 1 is 1.23 bits per heavy atom. The van der Waals surface area contributed by atoms with Crippen LogP contribution in [0, 0.1) is 10.8 Å². The number of benzene rings is 1. The lowest BCUT2D eigenvalue weighted by molar-refractivity contribution is -0.378. The monoisotopic (exact) mass is 300 g/mol. The zero-order chi connectivity index (χ0) is 15.7. The van der Waals surface area contributed by atoms with Crippen molar-refractivity contribution in [1.29, 1.82) is 0 Å². The first kappa shape index (κ1) is 14.5. The molecule has 0 amide bonds. The molecule has 1 aromatic carbocycles. The van der Waals surface area contributed by atoms with Gasteiger partial charge in [-0.1, -0.05) is 25.2 Å². The molecule has 0 saturated heterocycles. The number of ether oxygens (including phenoxy) is 2. The molecule has 0 saturated carbocycles. The van der Waals surface area contributed by atoms with Crippen molar-refractivity contribution in [2.45, 2.75) is 13.0 Å². The Morgan fingerprint density at radius 3 is 2.68 bits per heavy atom. The van der Waals surface area contributed by atoms with Crippen LogP contribution >= 0.6 is 0 Å². The number of nitrogens with one attached hydrogen (secondary N) is 1. The minimum absolute atomic E-state index is 0.0760. The molecule has 22 heavy (non-hydrogen) atoms. The van der Waals surface area contributed by atoms with Crippen molar-refractivity contribution in [3.8, 4) is 5.75 Å². The van der Waals surface area contributed by atoms with E-state index in [1.165, 1.54) is 0 Å². The summed E-state index contributed by atoms with van der Waals surface area (Å²) in [5.74, 6) is 1.58. The van der Waals surface area contributed by atoms with Crippen LogP contribution in [0.1, 0.15) is 12.7 Å². The standard InChI is InChI=1S/C17H17NO4/c1-10-6-11(4-5-15(10)21-3)16-8-12-7-13(20-2)9-14(18-19)17(12)22-16/h4-10,15H,1-3H3/p+1. The number of methoxy groups -OCH3 is 2. The van der Waals surface area contributed by atoms with Crippen molar-refractivity contribution in [1.82, 2.24) is 0 Å². The topological polar surface area (TPSA) is 62.6 Å². The molecule has 1 aromatic heterocycles. The van der Waals surface area contributed by atoms with Gasteiger partial charge >= 0.3 is 0 Å². The van der Waals surface area contributed by atoms with E-state index < -0.39 is 0 Å². The van der Waals surface area contributed by atoms with Crippen LogP contribution in [-0.2, 0) is 4.74 Å². The molecule has 1 aliphatic rings. The van der Waals surface area contributed by atoms with Crippen molar-refractivity contribution in [2.75, 3.05) is 14.2 Å². The average molecular weight is 300 g/mol. The van der Waals surface area contributed by atoms with E-state index in [2.05, 4.69) is 13.0 Å². The van der Waals surface area contributed by atoms with Gasteiger partial charge in [-0.05, 0) is 12.1 Å². The molecule has 0 spiro atoms. The zero-order valence-electron chi connectivity index (χ0n) is 12.8. The lowest BCUT2D eigenvalue weighted by Crippen LogP contribution is -2.55. The summed E-state index contributed by atoms with van der Waals surface area (Å²) in [4.78, 5) is 11.1. The summed E-state index contributed by atoms with van der Waals surface area (Å²) in [7, 11) is 3.26. The maximum Gasteiger partial charge on any atom is 0.299 e. The van der Waals surface area contributed by atoms with Gasteiger partial charge in [0.2, 0.25) is 5.58 Å². The molecule has 2 atom stereocenters. The second-order valence-electron chi connectivity index (χ2n) is 5.35. The molecule has 1 N–H and O–H groups in total. The molecule has 0 aliphatic heterocycles. The van der Waals surface area contributed by atoms with Crippen LogP contribution in [0.15, 0.2) is 40.8 Å². The predicted octanol–water partition coefficient (Wildman–Crippen LogP) is 2.52. The van der Waals surface area contributed by atoms with Gasteiger partial charge in [0.1, 0.15) is 11.5 Å². The fourth-order valence-corrected chi connectivity index (χ4v) is 2.73. The fraction of sp³-hybridized carbons (Fsp3) is 0.294. The van der Waals surface area contributed by atoms with Crippen LogP contribution in [0.3, 0.4) is 0 Å². The number of rotatable bonds is 4. The van der Waals surface area contributed by atoms with Crippen LogP contribution in [0.2, 0.25) is 0 Å². The molecule has 2 unspecified atom stereocenters. The number of allylic oxidation sites excluding steroid dienone is 2. The Kier molecular flexibility index (Phi) is 3.81. The summed E-state index contributed by atoms with van der Waals surface area (Å²) in [6.07, 6.45) is 6.17. The fourth-order valence-electron chi connectivity index (χ4n) is 2.73. The van der Waals surface area contributed by atoms with E-state index in [1.54, 1.807) is 20.3 Å². The Hall–Kier alpha value is -2.40. The molecular weight excluding hydrogens is 282 g/mol. The molecule has 2 aromatic rings. The van der Waals surface area contributed by atoms with Crippen molar-refractivity contribution in [3.05, 3.63) is 47.1 Å². The van der Waals surface area contributed by atoms with Crippen LogP contribution in [0.25, 0.3) is 16.5 Å². The van der Waals surface area contributed by atoms with Crippen LogP contribution in [-0.4, -0.2) is 20.3 Å². The normalized spacial score (nSPS) is 21.0. The van der Waals surface area contributed by atoms with Gasteiger partial charge in [-0.25, -0.2) is 0 Å². The van der Waals surface area contributed by atoms with Gasteiger partial charge in [0.05, 0.1) is 19.3 Å². The first-order valence-electron chi connectivity index (χ1n) is 7.09. The van der Waals surface area contributed by atoms with Gasteiger partial charge in [-0.15, -0.1) is 0 Å². The SMILES string of the molecule is COc1cc([NH+]=O)c2oc(C3=CC(C)C(OC)C=C3)cc2c1. The Bertz CT molecular complexity index is 772. The minimum Gasteiger partial charge on any atom is -0.496 e. The predicted molar refractivity (Wildman–Crippen MR) is 83.8 cm³/mol. The second kappa shape index (κ2) is 5.77. The molecular formula is C17H18NO4+. The first-order chi connectivity index (χ1) is 10.7. The number of hydrogen-bond acceptors (Lipinski definition) is 4. The molecule has 3 rings (SSSR count). The van der Waals surface area contributed by atoms with Crippen molar-refractivity contribution >= 4 is 22.2 Å². The lowest BCUT2D eigenvalue weighted by Gasteiger charge is -2.20. The van der Waals surface area contributed by atoms with E-state index >= 15 is 0 Å². The Labute approximate surface area is 128 Å². The van der Waals surface area contributed by atoms with Crippen LogP contribution in [0.5, 0.6) is 5.75 Å². The third-order valence-corrected chi connectivity index (χ3v) is 3.92. The highest BCUT2D eigenvalue weighted by molar-refractivity contribution is 5.91. The van der Waals surface area contributed by atoms with Crippen molar-refractivity contribution < 1.29 is 19.1 Å². The van der Waals surface area contributed by atoms with E-state index in [4.69, 9.17) is 13.9 Å². The molecule has 5 heteroatoms. The highest BCUT2D eigenvalue weighted by atomic mass is 16.5. The summed E-state index contributed by atoms with van der Waals surface area (Å²) in [6.45, 7) is 2.09. The van der Waals surface area contributed by atoms with E-state index in [-0.39, 0.29) is 12.0 Å². The lowest BCUT2D eigenvalue weighted by atomic mass is 9.94. The zero-order valence-corrected chi connectivity index (χ0v) is 12.8. The van der Waals surface area contributed by atoms with Gasteiger partial charge in [-0.2, -0.15) is 0 Å². The summed E-state index contributed by atoms with van der Waals surface area (Å²) in [5.41, 5.74) is 1.87. The van der Waals surface area contributed by atoms with Gasteiger partial charge < -0.3 is 13.9 Å². The van der Waals surface area contributed by atoms with Crippen LogP contribution in [0.4, 0.5) is 5.69 Å².